The molecule has 1 atom stereocenters. The predicted molar refractivity (Wildman–Crippen MR) is 147 cm³/mol. The molecule has 0 radical (unpaired) electrons. The van der Waals surface area contributed by atoms with Crippen molar-refractivity contribution >= 4 is 44.9 Å². The van der Waals surface area contributed by atoms with E-state index >= 15 is 0 Å². The van der Waals surface area contributed by atoms with Crippen LogP contribution in [-0.2, 0) is 4.79 Å². The van der Waals surface area contributed by atoms with Gasteiger partial charge in [0.05, 0.1) is 24.6 Å². The van der Waals surface area contributed by atoms with Gasteiger partial charge >= 0.3 is 0 Å². The first-order chi connectivity index (χ1) is 18.4. The summed E-state index contributed by atoms with van der Waals surface area (Å²) in [5.41, 5.74) is 3.05. The van der Waals surface area contributed by atoms with Crippen LogP contribution < -0.4 is 20.7 Å². The Morgan fingerprint density at radius 3 is 2.42 bits per heavy atom. The highest BCUT2D eigenvalue weighted by Gasteiger charge is 2.35. The lowest BCUT2D eigenvalue weighted by Gasteiger charge is -2.30. The van der Waals surface area contributed by atoms with Gasteiger partial charge in [-0.3, -0.25) is 9.59 Å². The Morgan fingerprint density at radius 2 is 1.71 bits per heavy atom. The van der Waals surface area contributed by atoms with E-state index in [1.165, 1.54) is 37.6 Å². The van der Waals surface area contributed by atoms with Crippen LogP contribution in [0, 0.1) is 5.82 Å². The molecule has 38 heavy (non-hydrogen) atoms. The van der Waals surface area contributed by atoms with Crippen molar-refractivity contribution in [3.63, 3.8) is 0 Å². The van der Waals surface area contributed by atoms with E-state index in [9.17, 15) is 14.0 Å². The zero-order valence-electron chi connectivity index (χ0n) is 20.5. The largest absolute Gasteiger partial charge is 0.495 e. The van der Waals surface area contributed by atoms with Gasteiger partial charge in [-0.15, -0.1) is 0 Å². The lowest BCUT2D eigenvalue weighted by Crippen LogP contribution is -2.32. The van der Waals surface area contributed by atoms with Crippen molar-refractivity contribution in [2.75, 3.05) is 23.1 Å². The maximum atomic E-state index is 13.7. The summed E-state index contributed by atoms with van der Waals surface area (Å²) in [6, 6.07) is 19.6. The van der Waals surface area contributed by atoms with Crippen LogP contribution in [0.3, 0.4) is 0 Å². The van der Waals surface area contributed by atoms with Gasteiger partial charge in [0.25, 0.3) is 11.8 Å². The van der Waals surface area contributed by atoms with Crippen LogP contribution in [0.1, 0.15) is 28.9 Å². The van der Waals surface area contributed by atoms with Crippen LogP contribution in [0.2, 0.25) is 0 Å². The third-order valence-corrected chi connectivity index (χ3v) is 6.68. The molecule has 192 valence electrons. The number of carbonyl (C=O) groups is 2. The van der Waals surface area contributed by atoms with Crippen molar-refractivity contribution in [1.29, 1.82) is 0 Å². The quantitative estimate of drug-likeness (QED) is 0.263. The van der Waals surface area contributed by atoms with Crippen LogP contribution in [0.15, 0.2) is 94.7 Å². The summed E-state index contributed by atoms with van der Waals surface area (Å²) in [5.74, 6) is -0.198. The normalized spacial score (nSPS) is 14.4. The number of hydrogen-bond donors (Lipinski definition) is 3. The summed E-state index contributed by atoms with van der Waals surface area (Å²) < 4.78 is 21.2. The number of benzene rings is 3. The minimum atomic E-state index is -0.624. The molecule has 1 unspecified atom stereocenters. The van der Waals surface area contributed by atoms with Gasteiger partial charge in [0.1, 0.15) is 29.0 Å². The number of nitrogens with zero attached hydrogens (tertiary/aromatic N) is 2. The van der Waals surface area contributed by atoms with E-state index in [0.717, 1.165) is 10.0 Å². The maximum Gasteiger partial charge on any atom is 0.261 e. The van der Waals surface area contributed by atoms with E-state index in [1.54, 1.807) is 23.7 Å². The van der Waals surface area contributed by atoms with Crippen LogP contribution >= 0.6 is 15.9 Å². The molecule has 8 nitrogen and oxygen atoms in total. The van der Waals surface area contributed by atoms with Crippen LogP contribution in [0.4, 0.5) is 21.6 Å². The second-order valence-corrected chi connectivity index (χ2v) is 9.50. The number of hydrogen-bond acceptors (Lipinski definition) is 5. The highest BCUT2D eigenvalue weighted by Crippen LogP contribution is 2.38. The molecule has 2 amide bonds. The zero-order valence-corrected chi connectivity index (χ0v) is 22.0. The van der Waals surface area contributed by atoms with Gasteiger partial charge in [0.15, 0.2) is 0 Å². The molecule has 0 fully saturated rings. The summed E-state index contributed by atoms with van der Waals surface area (Å²) in [6.45, 7) is 1.78. The van der Waals surface area contributed by atoms with E-state index in [2.05, 4.69) is 37.0 Å². The first-order valence-electron chi connectivity index (χ1n) is 11.7. The SMILES string of the molecule is COc1ccccc1NC(=O)C1=C(C)Nc2c(C(=O)Nc3ccc(F)cc3)cnn2C1c1ccc(Br)cc1. The molecule has 0 spiro atoms. The summed E-state index contributed by atoms with van der Waals surface area (Å²) in [4.78, 5) is 26.8. The standard InChI is InChI=1S/C28H23BrFN5O3/c1-16-24(28(37)34-22-5-3-4-6-23(22)38-2)25(17-7-9-18(29)10-8-17)35-26(32-16)21(15-31-35)27(36)33-20-13-11-19(30)12-14-20/h3-15,25,32H,1-2H3,(H,33,36)(H,34,37). The molecule has 10 heteroatoms. The molecule has 0 bridgehead atoms. The number of fused-ring (bicyclic) bond motifs is 1. The molecule has 1 aliphatic rings. The number of para-hydroxylation sites is 2. The molecule has 0 saturated carbocycles. The summed E-state index contributed by atoms with van der Waals surface area (Å²) in [5, 5.41) is 13.4. The first kappa shape index (κ1) is 25.2. The number of methoxy groups -OCH3 is 1. The lowest BCUT2D eigenvalue weighted by molar-refractivity contribution is -0.113. The molecule has 0 aliphatic carbocycles. The van der Waals surface area contributed by atoms with Gasteiger partial charge in [-0.1, -0.05) is 40.2 Å². The van der Waals surface area contributed by atoms with Gasteiger partial charge in [-0.2, -0.15) is 5.10 Å². The number of ether oxygens (including phenoxy) is 1. The average Bonchev–Trinajstić information content (AvgIpc) is 3.33. The van der Waals surface area contributed by atoms with E-state index in [1.807, 2.05) is 36.4 Å². The maximum absolute atomic E-state index is 13.7. The number of nitrogens with one attached hydrogen (secondary N) is 3. The molecular formula is C28H23BrFN5O3. The molecule has 3 N–H and O–H groups in total. The molecule has 0 saturated heterocycles. The van der Waals surface area contributed by atoms with Crippen LogP contribution in [0.5, 0.6) is 5.75 Å². The van der Waals surface area contributed by atoms with Crippen molar-refractivity contribution in [2.24, 2.45) is 0 Å². The van der Waals surface area contributed by atoms with Gasteiger partial charge in [0, 0.05) is 15.9 Å². The van der Waals surface area contributed by atoms with Gasteiger partial charge < -0.3 is 20.7 Å². The number of halogens is 2. The van der Waals surface area contributed by atoms with Crippen molar-refractivity contribution < 1.29 is 18.7 Å². The minimum Gasteiger partial charge on any atom is -0.495 e. The van der Waals surface area contributed by atoms with E-state index in [4.69, 9.17) is 4.74 Å². The number of anilines is 3. The predicted octanol–water partition coefficient (Wildman–Crippen LogP) is 5.97. The fraction of sp³-hybridized carbons (Fsp3) is 0.107. The monoisotopic (exact) mass is 575 g/mol. The molecule has 5 rings (SSSR count). The summed E-state index contributed by atoms with van der Waals surface area (Å²) in [7, 11) is 1.54. The summed E-state index contributed by atoms with van der Waals surface area (Å²) >= 11 is 3.46. The summed E-state index contributed by atoms with van der Waals surface area (Å²) in [6.07, 6.45) is 1.45. The Morgan fingerprint density at radius 1 is 1.00 bits per heavy atom. The number of aromatic nitrogens is 2. The Kier molecular flexibility index (Phi) is 6.97. The van der Waals surface area contributed by atoms with Crippen molar-refractivity contribution in [3.8, 4) is 5.75 Å². The Bertz CT molecular complexity index is 1550. The molecule has 2 heterocycles. The third kappa shape index (κ3) is 4.90. The van der Waals surface area contributed by atoms with E-state index < -0.39 is 17.8 Å². The zero-order chi connectivity index (χ0) is 26.8. The van der Waals surface area contributed by atoms with Gasteiger partial charge in [-0.05, 0) is 61.0 Å². The number of carbonyl (C=O) groups excluding carboxylic acids is 2. The minimum absolute atomic E-state index is 0.278. The molecule has 4 aromatic rings. The third-order valence-electron chi connectivity index (χ3n) is 6.16. The fourth-order valence-corrected chi connectivity index (χ4v) is 4.60. The van der Waals surface area contributed by atoms with Gasteiger partial charge in [-0.25, -0.2) is 9.07 Å². The van der Waals surface area contributed by atoms with Crippen molar-refractivity contribution in [2.45, 2.75) is 13.0 Å². The highest BCUT2D eigenvalue weighted by molar-refractivity contribution is 9.10. The van der Waals surface area contributed by atoms with E-state index in [0.29, 0.717) is 34.2 Å². The number of rotatable bonds is 6. The molecule has 1 aromatic heterocycles. The molecular weight excluding hydrogens is 553 g/mol. The molecule has 1 aliphatic heterocycles. The second-order valence-electron chi connectivity index (χ2n) is 8.58. The Balaban J connectivity index is 1.54. The van der Waals surface area contributed by atoms with E-state index in [-0.39, 0.29) is 11.5 Å². The van der Waals surface area contributed by atoms with Crippen molar-refractivity contribution in [3.05, 3.63) is 112 Å². The average molecular weight is 576 g/mol. The lowest BCUT2D eigenvalue weighted by atomic mass is 9.94. The number of amides is 2. The fourth-order valence-electron chi connectivity index (χ4n) is 4.34. The number of allylic oxidation sites excluding steroid dienone is 1. The second kappa shape index (κ2) is 10.5. The van der Waals surface area contributed by atoms with Crippen LogP contribution in [-0.4, -0.2) is 28.7 Å². The highest BCUT2D eigenvalue weighted by atomic mass is 79.9. The smallest absolute Gasteiger partial charge is 0.261 e. The Hall–Kier alpha value is -4.44. The Labute approximate surface area is 226 Å². The first-order valence-corrected chi connectivity index (χ1v) is 12.5. The molecule has 3 aromatic carbocycles. The topological polar surface area (TPSA) is 97.3 Å². The van der Waals surface area contributed by atoms with Crippen LogP contribution in [0.25, 0.3) is 0 Å². The van der Waals surface area contributed by atoms with Crippen molar-refractivity contribution in [1.82, 2.24) is 9.78 Å². The van der Waals surface area contributed by atoms with Gasteiger partial charge in [0.2, 0.25) is 0 Å².